The quantitative estimate of drug-likeness (QED) is 0.528. The van der Waals surface area contributed by atoms with Crippen LogP contribution in [0.5, 0.6) is 5.75 Å². The Kier molecular flexibility index (Phi) is 9.36. The van der Waals surface area contributed by atoms with E-state index in [2.05, 4.69) is 24.0 Å². The fourth-order valence-corrected chi connectivity index (χ4v) is 3.58. The number of hydrogen-bond donors (Lipinski definition) is 0. The summed E-state index contributed by atoms with van der Waals surface area (Å²) in [5.41, 5.74) is 1.15. The van der Waals surface area contributed by atoms with E-state index in [9.17, 15) is 4.79 Å². The number of ether oxygens (including phenoxy) is 1. The molecule has 1 aromatic rings. The van der Waals surface area contributed by atoms with Crippen LogP contribution in [-0.2, 0) is 4.79 Å². The molecule has 0 atom stereocenters. The Morgan fingerprint density at radius 2 is 1.58 bits per heavy atom. The Hall–Kier alpha value is -1.71. The topological polar surface area (TPSA) is 32.8 Å². The smallest absolute Gasteiger partial charge is 0.222 e. The van der Waals surface area contributed by atoms with Gasteiger partial charge in [0.15, 0.2) is 0 Å². The highest BCUT2D eigenvalue weighted by atomic mass is 16.5. The number of amides is 1. The minimum Gasteiger partial charge on any atom is -0.492 e. The third-order valence-corrected chi connectivity index (χ3v) is 5.13. The molecule has 1 heterocycles. The van der Waals surface area contributed by atoms with E-state index >= 15 is 0 Å². The lowest BCUT2D eigenvalue weighted by Gasteiger charge is -2.36. The number of hydrogen-bond acceptors (Lipinski definition) is 3. The van der Waals surface area contributed by atoms with Gasteiger partial charge in [-0.3, -0.25) is 4.79 Å². The van der Waals surface area contributed by atoms with Gasteiger partial charge in [-0.05, 0) is 25.5 Å². The number of para-hydroxylation sites is 2. The van der Waals surface area contributed by atoms with Crippen molar-refractivity contribution in [1.29, 1.82) is 0 Å². The third kappa shape index (κ3) is 6.54. The number of anilines is 1. The van der Waals surface area contributed by atoms with E-state index in [1.807, 2.05) is 24.0 Å². The number of piperazine rings is 1. The van der Waals surface area contributed by atoms with Crippen molar-refractivity contribution in [3.05, 3.63) is 24.3 Å². The molecule has 0 bridgehead atoms. The molecule has 1 aliphatic heterocycles. The van der Waals surface area contributed by atoms with Crippen LogP contribution < -0.4 is 9.64 Å². The van der Waals surface area contributed by atoms with Gasteiger partial charge in [0.2, 0.25) is 5.91 Å². The average Bonchev–Trinajstić information content (AvgIpc) is 2.68. The van der Waals surface area contributed by atoms with Gasteiger partial charge in [0.25, 0.3) is 0 Å². The molecule has 2 rings (SSSR count). The molecular formula is C22H36N2O2. The van der Waals surface area contributed by atoms with E-state index in [-0.39, 0.29) is 0 Å². The lowest BCUT2D eigenvalue weighted by atomic mass is 10.1. The van der Waals surface area contributed by atoms with E-state index in [1.165, 1.54) is 38.5 Å². The highest BCUT2D eigenvalue weighted by molar-refractivity contribution is 5.76. The van der Waals surface area contributed by atoms with Gasteiger partial charge in [-0.2, -0.15) is 0 Å². The summed E-state index contributed by atoms with van der Waals surface area (Å²) in [6.45, 7) is 8.32. The molecule has 0 radical (unpaired) electrons. The van der Waals surface area contributed by atoms with Crippen LogP contribution in [-0.4, -0.2) is 43.6 Å². The Morgan fingerprint density at radius 1 is 0.923 bits per heavy atom. The Labute approximate surface area is 159 Å². The first-order valence-electron chi connectivity index (χ1n) is 10.5. The summed E-state index contributed by atoms with van der Waals surface area (Å²) in [4.78, 5) is 16.8. The molecule has 1 aromatic carbocycles. The third-order valence-electron chi connectivity index (χ3n) is 5.13. The molecule has 0 N–H and O–H groups in total. The normalized spacial score (nSPS) is 14.5. The minimum atomic E-state index is 0.330. The van der Waals surface area contributed by atoms with Crippen LogP contribution in [0.25, 0.3) is 0 Å². The van der Waals surface area contributed by atoms with Crippen LogP contribution in [0.3, 0.4) is 0 Å². The van der Waals surface area contributed by atoms with Gasteiger partial charge in [0.1, 0.15) is 5.75 Å². The van der Waals surface area contributed by atoms with Gasteiger partial charge in [-0.1, -0.05) is 57.6 Å². The van der Waals surface area contributed by atoms with Crippen molar-refractivity contribution in [2.24, 2.45) is 0 Å². The predicted molar refractivity (Wildman–Crippen MR) is 109 cm³/mol. The fraction of sp³-hybridized carbons (Fsp3) is 0.682. The summed E-state index contributed by atoms with van der Waals surface area (Å²) in [7, 11) is 0. The van der Waals surface area contributed by atoms with Crippen LogP contribution >= 0.6 is 0 Å². The molecule has 4 heteroatoms. The summed E-state index contributed by atoms with van der Waals surface area (Å²) in [5, 5.41) is 0. The predicted octanol–water partition coefficient (Wildman–Crippen LogP) is 4.87. The molecule has 26 heavy (non-hydrogen) atoms. The van der Waals surface area contributed by atoms with Gasteiger partial charge in [0.05, 0.1) is 12.3 Å². The number of unbranched alkanes of at least 4 members (excludes halogenated alkanes) is 6. The number of nitrogens with zero attached hydrogens (tertiary/aromatic N) is 2. The standard InChI is InChI=1S/C22H36N2O2/c1-3-5-6-7-8-9-10-15-22(25)24-18-16-23(17-19-24)20-13-11-12-14-21(20)26-4-2/h11-14H,3-10,15-19H2,1-2H3. The molecule has 0 saturated carbocycles. The molecule has 0 aromatic heterocycles. The van der Waals surface area contributed by atoms with Gasteiger partial charge in [-0.15, -0.1) is 0 Å². The summed E-state index contributed by atoms with van der Waals surface area (Å²) < 4.78 is 5.74. The molecule has 1 aliphatic rings. The summed E-state index contributed by atoms with van der Waals surface area (Å²) in [5.74, 6) is 1.27. The largest absolute Gasteiger partial charge is 0.492 e. The molecule has 1 amide bonds. The summed E-state index contributed by atoms with van der Waals surface area (Å²) in [6, 6.07) is 8.20. The molecule has 1 saturated heterocycles. The number of benzene rings is 1. The maximum absolute atomic E-state index is 12.4. The van der Waals surface area contributed by atoms with Crippen molar-refractivity contribution in [1.82, 2.24) is 4.90 Å². The van der Waals surface area contributed by atoms with Crippen LogP contribution in [0.1, 0.15) is 65.2 Å². The summed E-state index contributed by atoms with van der Waals surface area (Å²) in [6.07, 6.45) is 9.51. The molecule has 0 aliphatic carbocycles. The molecule has 146 valence electrons. The lowest BCUT2D eigenvalue weighted by Crippen LogP contribution is -2.48. The lowest BCUT2D eigenvalue weighted by molar-refractivity contribution is -0.131. The van der Waals surface area contributed by atoms with E-state index in [0.29, 0.717) is 18.9 Å². The molecule has 1 fully saturated rings. The van der Waals surface area contributed by atoms with Crippen molar-refractivity contribution < 1.29 is 9.53 Å². The van der Waals surface area contributed by atoms with Gasteiger partial charge >= 0.3 is 0 Å². The SMILES string of the molecule is CCCCCCCCCC(=O)N1CCN(c2ccccc2OCC)CC1. The maximum atomic E-state index is 12.4. The maximum Gasteiger partial charge on any atom is 0.222 e. The number of rotatable bonds is 11. The minimum absolute atomic E-state index is 0.330. The average molecular weight is 361 g/mol. The second-order valence-corrected chi connectivity index (χ2v) is 7.14. The van der Waals surface area contributed by atoms with Crippen molar-refractivity contribution in [3.63, 3.8) is 0 Å². The first-order valence-corrected chi connectivity index (χ1v) is 10.5. The summed E-state index contributed by atoms with van der Waals surface area (Å²) >= 11 is 0. The van der Waals surface area contributed by atoms with Crippen LogP contribution in [0.4, 0.5) is 5.69 Å². The Morgan fingerprint density at radius 3 is 2.27 bits per heavy atom. The van der Waals surface area contributed by atoms with Crippen molar-refractivity contribution in [2.75, 3.05) is 37.7 Å². The van der Waals surface area contributed by atoms with E-state index in [4.69, 9.17) is 4.74 Å². The zero-order chi connectivity index (χ0) is 18.6. The van der Waals surface area contributed by atoms with E-state index in [0.717, 1.165) is 44.0 Å². The van der Waals surface area contributed by atoms with Crippen molar-refractivity contribution in [3.8, 4) is 5.75 Å². The molecule has 0 unspecified atom stereocenters. The van der Waals surface area contributed by atoms with Crippen LogP contribution in [0, 0.1) is 0 Å². The zero-order valence-electron chi connectivity index (χ0n) is 16.7. The highest BCUT2D eigenvalue weighted by Crippen LogP contribution is 2.28. The van der Waals surface area contributed by atoms with Gasteiger partial charge < -0.3 is 14.5 Å². The highest BCUT2D eigenvalue weighted by Gasteiger charge is 2.22. The van der Waals surface area contributed by atoms with Crippen LogP contribution in [0.2, 0.25) is 0 Å². The Balaban J connectivity index is 1.68. The second-order valence-electron chi connectivity index (χ2n) is 7.14. The van der Waals surface area contributed by atoms with Crippen LogP contribution in [0.15, 0.2) is 24.3 Å². The first kappa shape index (κ1) is 20.6. The van der Waals surface area contributed by atoms with Gasteiger partial charge in [-0.25, -0.2) is 0 Å². The zero-order valence-corrected chi connectivity index (χ0v) is 16.7. The molecular weight excluding hydrogens is 324 g/mol. The Bertz CT molecular complexity index is 525. The fourth-order valence-electron chi connectivity index (χ4n) is 3.58. The number of carbonyl (C=O) groups is 1. The van der Waals surface area contributed by atoms with E-state index in [1.54, 1.807) is 0 Å². The first-order chi connectivity index (χ1) is 12.8. The number of carbonyl (C=O) groups excluding carboxylic acids is 1. The second kappa shape index (κ2) is 11.8. The monoisotopic (exact) mass is 360 g/mol. The van der Waals surface area contributed by atoms with E-state index < -0.39 is 0 Å². The molecule has 4 nitrogen and oxygen atoms in total. The van der Waals surface area contributed by atoms with Gasteiger partial charge in [0, 0.05) is 32.6 Å². The van der Waals surface area contributed by atoms with Crippen molar-refractivity contribution >= 4 is 11.6 Å². The molecule has 0 spiro atoms. The van der Waals surface area contributed by atoms with Crippen molar-refractivity contribution in [2.45, 2.75) is 65.2 Å².